The summed E-state index contributed by atoms with van der Waals surface area (Å²) in [5, 5.41) is 0.683. The Labute approximate surface area is 147 Å². The molecule has 6 nitrogen and oxygen atoms in total. The summed E-state index contributed by atoms with van der Waals surface area (Å²) in [6.45, 7) is 0.598. The molecular weight excluding hydrogens is 355 g/mol. The van der Waals surface area contributed by atoms with Crippen LogP contribution >= 0.6 is 0 Å². The highest BCUT2D eigenvalue weighted by Gasteiger charge is 2.34. The maximum absolute atomic E-state index is 12.1. The van der Waals surface area contributed by atoms with Crippen molar-refractivity contribution in [1.29, 1.82) is 0 Å². The van der Waals surface area contributed by atoms with E-state index in [4.69, 9.17) is 18.6 Å². The predicted octanol–water partition coefficient (Wildman–Crippen LogP) is 4.13. The second-order valence-corrected chi connectivity index (χ2v) is 5.92. The normalized spacial score (nSPS) is 17.8. The molecule has 1 saturated heterocycles. The van der Waals surface area contributed by atoms with Gasteiger partial charge in [0.05, 0.1) is 25.4 Å². The monoisotopic (exact) mass is 373 g/mol. The molecular formula is C17H18F3NO5. The van der Waals surface area contributed by atoms with Gasteiger partial charge in [-0.2, -0.15) is 13.2 Å². The molecule has 0 radical (unpaired) electrons. The van der Waals surface area contributed by atoms with Gasteiger partial charge in [-0.3, -0.25) is 4.90 Å². The Kier molecular flexibility index (Phi) is 5.26. The second-order valence-electron chi connectivity index (χ2n) is 5.92. The highest BCUT2D eigenvalue weighted by atomic mass is 19.4. The number of carbonyl (C=O) groups excluding carboxylic acids is 1. The Bertz CT molecular complexity index is 773. The summed E-state index contributed by atoms with van der Waals surface area (Å²) in [5.74, 6) is 0.404. The van der Waals surface area contributed by atoms with Crippen LogP contribution in [0.3, 0.4) is 0 Å². The number of rotatable bonds is 7. The van der Waals surface area contributed by atoms with E-state index in [-0.39, 0.29) is 19.1 Å². The molecule has 142 valence electrons. The molecule has 9 heteroatoms. The van der Waals surface area contributed by atoms with Crippen LogP contribution in [0.15, 0.2) is 28.9 Å². The zero-order chi connectivity index (χ0) is 18.7. The van der Waals surface area contributed by atoms with Gasteiger partial charge in [0.2, 0.25) is 0 Å². The maximum atomic E-state index is 12.1. The number of furan rings is 1. The Morgan fingerprint density at radius 2 is 2.15 bits per heavy atom. The zero-order valence-corrected chi connectivity index (χ0v) is 14.0. The summed E-state index contributed by atoms with van der Waals surface area (Å²) in [6.07, 6.45) is -4.59. The van der Waals surface area contributed by atoms with E-state index in [1.54, 1.807) is 18.2 Å². The number of anilines is 1. The van der Waals surface area contributed by atoms with E-state index in [0.717, 1.165) is 0 Å². The van der Waals surface area contributed by atoms with Gasteiger partial charge in [0.25, 0.3) is 0 Å². The van der Waals surface area contributed by atoms with E-state index in [2.05, 4.69) is 0 Å². The Hall–Kier alpha value is -2.42. The number of cyclic esters (lactones) is 1. The Morgan fingerprint density at radius 3 is 2.88 bits per heavy atom. The van der Waals surface area contributed by atoms with E-state index >= 15 is 0 Å². The molecule has 0 saturated carbocycles. The number of methoxy groups -OCH3 is 1. The van der Waals surface area contributed by atoms with Crippen molar-refractivity contribution in [2.45, 2.75) is 25.1 Å². The summed E-state index contributed by atoms with van der Waals surface area (Å²) in [7, 11) is 1.53. The van der Waals surface area contributed by atoms with Crippen LogP contribution in [0.4, 0.5) is 23.7 Å². The average molecular weight is 373 g/mol. The summed E-state index contributed by atoms with van der Waals surface area (Å²) in [5.41, 5.74) is 1.03. The number of hydrogen-bond donors (Lipinski definition) is 0. The quantitative estimate of drug-likeness (QED) is 0.683. The SMILES string of the molecule is COCC1CN(c2coc3cc(OCCCC(F)(F)F)ccc23)C(=O)O1. The van der Waals surface area contributed by atoms with Crippen molar-refractivity contribution in [2.24, 2.45) is 0 Å². The number of benzene rings is 1. The molecule has 1 fully saturated rings. The lowest BCUT2D eigenvalue weighted by atomic mass is 10.2. The van der Waals surface area contributed by atoms with Crippen molar-refractivity contribution in [3.8, 4) is 5.75 Å². The first kappa shape index (κ1) is 18.4. The van der Waals surface area contributed by atoms with Crippen molar-refractivity contribution in [1.82, 2.24) is 0 Å². The molecule has 1 aromatic carbocycles. The van der Waals surface area contributed by atoms with Crippen LogP contribution < -0.4 is 9.64 Å². The van der Waals surface area contributed by atoms with E-state index in [1.165, 1.54) is 18.3 Å². The molecule has 2 aromatic rings. The highest BCUT2D eigenvalue weighted by molar-refractivity contribution is 6.01. The minimum absolute atomic E-state index is 0.0459. The van der Waals surface area contributed by atoms with Gasteiger partial charge in [-0.1, -0.05) is 0 Å². The molecule has 1 amide bonds. The topological polar surface area (TPSA) is 61.1 Å². The number of hydrogen-bond acceptors (Lipinski definition) is 5. The largest absolute Gasteiger partial charge is 0.493 e. The maximum Gasteiger partial charge on any atom is 0.414 e. The van der Waals surface area contributed by atoms with Gasteiger partial charge in [0.15, 0.2) is 0 Å². The third-order valence-corrected chi connectivity index (χ3v) is 3.92. The fourth-order valence-electron chi connectivity index (χ4n) is 2.75. The molecule has 26 heavy (non-hydrogen) atoms. The molecule has 0 spiro atoms. The molecule has 0 aliphatic carbocycles. The fourth-order valence-corrected chi connectivity index (χ4v) is 2.75. The second kappa shape index (κ2) is 7.45. The zero-order valence-electron chi connectivity index (χ0n) is 14.0. The van der Waals surface area contributed by atoms with E-state index in [1.807, 2.05) is 0 Å². The Balaban J connectivity index is 1.67. The van der Waals surface area contributed by atoms with Gasteiger partial charge in [-0.15, -0.1) is 0 Å². The number of fused-ring (bicyclic) bond motifs is 1. The number of nitrogens with zero attached hydrogens (tertiary/aromatic N) is 1. The lowest BCUT2D eigenvalue weighted by Crippen LogP contribution is -2.25. The molecule has 3 rings (SSSR count). The standard InChI is InChI=1S/C17H18F3NO5/c1-23-9-12-8-21(16(22)26-12)14-10-25-15-7-11(3-4-13(14)15)24-6-2-5-17(18,19)20/h3-4,7,10,12H,2,5-6,8-9H2,1H3. The van der Waals surface area contributed by atoms with Crippen molar-refractivity contribution >= 4 is 22.7 Å². The first-order valence-electron chi connectivity index (χ1n) is 8.05. The van der Waals surface area contributed by atoms with Crippen LogP contribution in [0, 0.1) is 0 Å². The van der Waals surface area contributed by atoms with Gasteiger partial charge in [-0.25, -0.2) is 4.79 Å². The fraction of sp³-hybridized carbons (Fsp3) is 0.471. The average Bonchev–Trinajstić information content (AvgIpc) is 3.14. The van der Waals surface area contributed by atoms with Crippen molar-refractivity contribution in [2.75, 3.05) is 31.8 Å². The lowest BCUT2D eigenvalue weighted by molar-refractivity contribution is -0.136. The van der Waals surface area contributed by atoms with E-state index in [0.29, 0.717) is 35.6 Å². The van der Waals surface area contributed by atoms with Crippen LogP contribution in [-0.4, -0.2) is 45.2 Å². The number of ether oxygens (including phenoxy) is 3. The smallest absolute Gasteiger partial charge is 0.414 e. The van der Waals surface area contributed by atoms with Crippen LogP contribution in [-0.2, 0) is 9.47 Å². The van der Waals surface area contributed by atoms with Gasteiger partial charge in [0, 0.05) is 25.0 Å². The first-order valence-corrected chi connectivity index (χ1v) is 8.05. The van der Waals surface area contributed by atoms with Gasteiger partial charge >= 0.3 is 12.3 Å². The van der Waals surface area contributed by atoms with Crippen molar-refractivity contribution < 1.29 is 36.6 Å². The third-order valence-electron chi connectivity index (χ3n) is 3.92. The molecule has 1 unspecified atom stereocenters. The molecule has 2 heterocycles. The highest BCUT2D eigenvalue weighted by Crippen LogP contribution is 2.34. The lowest BCUT2D eigenvalue weighted by Gasteiger charge is -2.11. The summed E-state index contributed by atoms with van der Waals surface area (Å²) < 4.78 is 57.4. The first-order chi connectivity index (χ1) is 12.4. The molecule has 1 aliphatic heterocycles. The number of halogens is 3. The Morgan fingerprint density at radius 1 is 1.35 bits per heavy atom. The minimum Gasteiger partial charge on any atom is -0.493 e. The van der Waals surface area contributed by atoms with Crippen LogP contribution in [0.2, 0.25) is 0 Å². The minimum atomic E-state index is -4.19. The van der Waals surface area contributed by atoms with Gasteiger partial charge in [-0.05, 0) is 18.6 Å². The predicted molar refractivity (Wildman–Crippen MR) is 86.5 cm³/mol. The van der Waals surface area contributed by atoms with Gasteiger partial charge < -0.3 is 18.6 Å². The summed E-state index contributed by atoms with van der Waals surface area (Å²) in [6, 6.07) is 4.91. The van der Waals surface area contributed by atoms with Crippen LogP contribution in [0.5, 0.6) is 5.75 Å². The number of alkyl halides is 3. The van der Waals surface area contributed by atoms with E-state index in [9.17, 15) is 18.0 Å². The van der Waals surface area contributed by atoms with Crippen molar-refractivity contribution in [3.63, 3.8) is 0 Å². The summed E-state index contributed by atoms with van der Waals surface area (Å²) in [4.78, 5) is 13.5. The number of amides is 1. The van der Waals surface area contributed by atoms with Gasteiger partial charge in [0.1, 0.15) is 23.7 Å². The molecule has 1 atom stereocenters. The number of carbonyl (C=O) groups is 1. The molecule has 0 bridgehead atoms. The van der Waals surface area contributed by atoms with E-state index < -0.39 is 18.7 Å². The summed E-state index contributed by atoms with van der Waals surface area (Å²) >= 11 is 0. The third kappa shape index (κ3) is 4.21. The van der Waals surface area contributed by atoms with Crippen LogP contribution in [0.25, 0.3) is 11.0 Å². The molecule has 1 aromatic heterocycles. The molecule has 0 N–H and O–H groups in total. The van der Waals surface area contributed by atoms with Crippen LogP contribution in [0.1, 0.15) is 12.8 Å². The molecule has 1 aliphatic rings. The van der Waals surface area contributed by atoms with Crippen molar-refractivity contribution in [3.05, 3.63) is 24.5 Å².